The van der Waals surface area contributed by atoms with Gasteiger partial charge in [0.2, 0.25) is 0 Å². The number of nitrogens with one attached hydrogen (secondary N) is 1. The number of fused-ring (bicyclic) bond motifs is 3. The minimum Gasteiger partial charge on any atom is -0.497 e. The number of nitrogens with zero attached hydrogens (tertiary/aromatic N) is 1. The molecule has 2 aliphatic rings. The maximum absolute atomic E-state index is 12.9. The maximum atomic E-state index is 12.9. The van der Waals surface area contributed by atoms with Gasteiger partial charge in [-0.25, -0.2) is 0 Å². The summed E-state index contributed by atoms with van der Waals surface area (Å²) in [5.74, 6) is 0.382. The summed E-state index contributed by atoms with van der Waals surface area (Å²) in [5.41, 5.74) is 3.38. The molecular weight excluding hydrogens is 328 g/mol. The van der Waals surface area contributed by atoms with Crippen molar-refractivity contribution in [1.82, 2.24) is 10.2 Å². The summed E-state index contributed by atoms with van der Waals surface area (Å²) >= 11 is 0. The van der Waals surface area contributed by atoms with Crippen LogP contribution in [-0.4, -0.2) is 36.8 Å². The van der Waals surface area contributed by atoms with Crippen LogP contribution in [0.15, 0.2) is 60.3 Å². The molecule has 1 unspecified atom stereocenters. The predicted molar refractivity (Wildman–Crippen MR) is 98.0 cm³/mol. The van der Waals surface area contributed by atoms with Gasteiger partial charge in [0.25, 0.3) is 5.91 Å². The topological polar surface area (TPSA) is 58.6 Å². The number of allylic oxidation sites excluding steroid dienone is 1. The molecule has 1 amide bonds. The summed E-state index contributed by atoms with van der Waals surface area (Å²) in [5, 5.41) is 3.16. The molecule has 2 aromatic rings. The number of hydrogen-bond donors (Lipinski definition) is 1. The number of carbonyl (C=O) groups is 2. The number of piperazine rings is 1. The van der Waals surface area contributed by atoms with Crippen molar-refractivity contribution in [1.29, 1.82) is 0 Å². The van der Waals surface area contributed by atoms with Gasteiger partial charge in [-0.2, -0.15) is 0 Å². The predicted octanol–water partition coefficient (Wildman–Crippen LogP) is 2.49. The van der Waals surface area contributed by atoms with Crippen molar-refractivity contribution in [2.75, 3.05) is 20.2 Å². The summed E-state index contributed by atoms with van der Waals surface area (Å²) in [4.78, 5) is 27.2. The molecule has 0 radical (unpaired) electrons. The van der Waals surface area contributed by atoms with Gasteiger partial charge in [-0.05, 0) is 41.8 Å². The first-order chi connectivity index (χ1) is 12.7. The van der Waals surface area contributed by atoms with Crippen LogP contribution in [0, 0.1) is 0 Å². The molecule has 0 bridgehead atoms. The van der Waals surface area contributed by atoms with Gasteiger partial charge in [-0.3, -0.25) is 9.59 Å². The average molecular weight is 348 g/mol. The number of amides is 1. The second kappa shape index (κ2) is 6.67. The van der Waals surface area contributed by atoms with Gasteiger partial charge in [-0.15, -0.1) is 0 Å². The first-order valence-corrected chi connectivity index (χ1v) is 8.70. The van der Waals surface area contributed by atoms with E-state index in [1.165, 1.54) is 17.2 Å². The number of carbonyl (C=O) groups excluding carboxylic acids is 2. The summed E-state index contributed by atoms with van der Waals surface area (Å²) in [6.07, 6.45) is 2.25. The Hall–Kier alpha value is -3.08. The fourth-order valence-corrected chi connectivity index (χ4v) is 3.63. The molecule has 0 aliphatic carbocycles. The Morgan fingerprint density at radius 1 is 1.19 bits per heavy atom. The van der Waals surface area contributed by atoms with Crippen molar-refractivity contribution in [2.45, 2.75) is 12.5 Å². The Balaban J connectivity index is 1.55. The number of benzene rings is 2. The zero-order valence-electron chi connectivity index (χ0n) is 14.6. The van der Waals surface area contributed by atoms with Crippen LogP contribution in [0.5, 0.6) is 5.75 Å². The third-order valence-electron chi connectivity index (χ3n) is 5.04. The normalized spacial score (nSPS) is 20.2. The van der Waals surface area contributed by atoms with Crippen LogP contribution in [0.4, 0.5) is 0 Å². The quantitative estimate of drug-likeness (QED) is 0.684. The van der Waals surface area contributed by atoms with Gasteiger partial charge < -0.3 is 15.0 Å². The van der Waals surface area contributed by atoms with E-state index in [9.17, 15) is 9.59 Å². The second-order valence-electron chi connectivity index (χ2n) is 6.49. The molecular formula is C21H20N2O3. The third kappa shape index (κ3) is 2.86. The van der Waals surface area contributed by atoms with Crippen molar-refractivity contribution in [3.8, 4) is 5.75 Å². The van der Waals surface area contributed by atoms with E-state index in [4.69, 9.17) is 4.74 Å². The first kappa shape index (κ1) is 16.4. The van der Waals surface area contributed by atoms with E-state index >= 15 is 0 Å². The van der Waals surface area contributed by atoms with Crippen molar-refractivity contribution in [3.05, 3.63) is 77.0 Å². The lowest BCUT2D eigenvalue weighted by atomic mass is 9.90. The fourth-order valence-electron chi connectivity index (χ4n) is 3.63. The molecule has 2 heterocycles. The Morgan fingerprint density at radius 3 is 2.73 bits per heavy atom. The molecule has 0 saturated carbocycles. The van der Waals surface area contributed by atoms with Crippen molar-refractivity contribution >= 4 is 11.7 Å². The number of ether oxygens (including phenoxy) is 1. The molecule has 0 spiro atoms. The number of rotatable bonds is 3. The Kier molecular flexibility index (Phi) is 4.21. The molecule has 1 N–H and O–H groups in total. The largest absolute Gasteiger partial charge is 0.497 e. The van der Waals surface area contributed by atoms with E-state index < -0.39 is 0 Å². The molecule has 1 fully saturated rings. The molecule has 1 saturated heterocycles. The van der Waals surface area contributed by atoms with Crippen LogP contribution in [0.2, 0.25) is 0 Å². The van der Waals surface area contributed by atoms with Crippen LogP contribution in [0.1, 0.15) is 27.5 Å². The van der Waals surface area contributed by atoms with Crippen LogP contribution in [0.25, 0.3) is 0 Å². The van der Waals surface area contributed by atoms with Crippen LogP contribution in [-0.2, 0) is 11.2 Å². The smallest absolute Gasteiger partial charge is 0.270 e. The molecule has 132 valence electrons. The first-order valence-electron chi connectivity index (χ1n) is 8.70. The van der Waals surface area contributed by atoms with E-state index in [2.05, 4.69) is 17.4 Å². The third-order valence-corrected chi connectivity index (χ3v) is 5.04. The Bertz CT molecular complexity index is 886. The average Bonchev–Trinajstić information content (AvgIpc) is 2.69. The fraction of sp³-hybridized carbons (Fsp3) is 0.238. The van der Waals surface area contributed by atoms with Gasteiger partial charge in [0.1, 0.15) is 11.4 Å². The summed E-state index contributed by atoms with van der Waals surface area (Å²) < 4.78 is 5.10. The highest BCUT2D eigenvalue weighted by molar-refractivity contribution is 6.09. The number of hydrogen-bond acceptors (Lipinski definition) is 4. The molecule has 5 nitrogen and oxygen atoms in total. The van der Waals surface area contributed by atoms with Crippen LogP contribution >= 0.6 is 0 Å². The van der Waals surface area contributed by atoms with E-state index in [0.717, 1.165) is 6.42 Å². The number of ketones is 1. The zero-order chi connectivity index (χ0) is 18.1. The van der Waals surface area contributed by atoms with E-state index in [1.54, 1.807) is 31.4 Å². The van der Waals surface area contributed by atoms with Crippen LogP contribution < -0.4 is 10.1 Å². The monoisotopic (exact) mass is 348 g/mol. The second-order valence-corrected chi connectivity index (χ2v) is 6.49. The molecule has 0 aromatic heterocycles. The van der Waals surface area contributed by atoms with E-state index in [0.29, 0.717) is 30.1 Å². The van der Waals surface area contributed by atoms with Gasteiger partial charge in [-0.1, -0.05) is 24.3 Å². The molecule has 4 rings (SSSR count). The molecule has 26 heavy (non-hydrogen) atoms. The summed E-state index contributed by atoms with van der Waals surface area (Å²) in [7, 11) is 1.58. The summed E-state index contributed by atoms with van der Waals surface area (Å²) in [6, 6.07) is 15.1. The zero-order valence-corrected chi connectivity index (χ0v) is 14.6. The Labute approximate surface area is 152 Å². The standard InChI is InChI=1S/C21H20N2O3/c1-26-16-8-6-15(7-9-16)20(24)12-18-21(25)23-11-10-14-4-2-3-5-17(14)19(23)13-22-18/h2-9,12,19,22H,10-11,13H2,1H3. The highest BCUT2D eigenvalue weighted by Crippen LogP contribution is 2.32. The highest BCUT2D eigenvalue weighted by atomic mass is 16.5. The van der Waals surface area contributed by atoms with Crippen molar-refractivity contribution in [3.63, 3.8) is 0 Å². The molecule has 2 aromatic carbocycles. The lowest BCUT2D eigenvalue weighted by Crippen LogP contribution is -2.51. The highest BCUT2D eigenvalue weighted by Gasteiger charge is 2.36. The molecule has 5 heteroatoms. The Morgan fingerprint density at radius 2 is 1.96 bits per heavy atom. The SMILES string of the molecule is COc1ccc(C(=O)C=C2NCC3c4ccccc4CCN3C2=O)cc1. The van der Waals surface area contributed by atoms with Gasteiger partial charge >= 0.3 is 0 Å². The maximum Gasteiger partial charge on any atom is 0.270 e. The van der Waals surface area contributed by atoms with Gasteiger partial charge in [0.05, 0.1) is 13.2 Å². The van der Waals surface area contributed by atoms with Crippen molar-refractivity contribution < 1.29 is 14.3 Å². The minimum absolute atomic E-state index is 0.0284. The lowest BCUT2D eigenvalue weighted by molar-refractivity contribution is -0.132. The molecule has 1 atom stereocenters. The van der Waals surface area contributed by atoms with Crippen LogP contribution in [0.3, 0.4) is 0 Å². The molecule has 2 aliphatic heterocycles. The lowest BCUT2D eigenvalue weighted by Gasteiger charge is -2.41. The van der Waals surface area contributed by atoms with Gasteiger partial charge in [0, 0.05) is 24.7 Å². The van der Waals surface area contributed by atoms with E-state index in [-0.39, 0.29) is 17.7 Å². The minimum atomic E-state index is -0.195. The van der Waals surface area contributed by atoms with Gasteiger partial charge in [0.15, 0.2) is 5.78 Å². The van der Waals surface area contributed by atoms with E-state index in [1.807, 2.05) is 17.0 Å². The number of methoxy groups -OCH3 is 1. The van der Waals surface area contributed by atoms with Crippen molar-refractivity contribution in [2.24, 2.45) is 0 Å². The summed E-state index contributed by atoms with van der Waals surface area (Å²) in [6.45, 7) is 1.29.